The number of benzene rings is 1. The molecular weight excluding hydrogens is 355 g/mol. The largest absolute Gasteiger partial charge is 0.573 e. The Morgan fingerprint density at radius 3 is 2.37 bits per heavy atom. The third-order valence-corrected chi connectivity index (χ3v) is 4.96. The molecule has 143 valence electrons. The molecule has 1 saturated carbocycles. The zero-order chi connectivity index (χ0) is 18.9. The number of nitrogens with zero attached hydrogens (tertiary/aromatic N) is 3. The first-order valence-electron chi connectivity index (χ1n) is 9.18. The Morgan fingerprint density at radius 1 is 1.04 bits per heavy atom. The molecule has 7 heteroatoms. The molecule has 2 fully saturated rings. The highest BCUT2D eigenvalue weighted by atomic mass is 19.4. The van der Waals surface area contributed by atoms with Gasteiger partial charge in [-0.15, -0.1) is 13.2 Å². The van der Waals surface area contributed by atoms with E-state index in [4.69, 9.17) is 0 Å². The molecule has 0 atom stereocenters. The first kappa shape index (κ1) is 18.1. The Morgan fingerprint density at radius 2 is 1.74 bits per heavy atom. The third kappa shape index (κ3) is 4.91. The minimum Gasteiger partial charge on any atom is -0.406 e. The van der Waals surface area contributed by atoms with E-state index in [1.54, 1.807) is 18.2 Å². The molecule has 0 N–H and O–H groups in total. The predicted octanol–water partition coefficient (Wildman–Crippen LogP) is 3.98. The first-order valence-corrected chi connectivity index (χ1v) is 9.18. The summed E-state index contributed by atoms with van der Waals surface area (Å²) in [4.78, 5) is 9.44. The lowest BCUT2D eigenvalue weighted by Crippen LogP contribution is -2.47. The molecule has 1 saturated heterocycles. The van der Waals surface area contributed by atoms with Gasteiger partial charge in [-0.25, -0.2) is 4.98 Å². The van der Waals surface area contributed by atoms with E-state index in [0.29, 0.717) is 5.69 Å². The van der Waals surface area contributed by atoms with Crippen molar-refractivity contribution < 1.29 is 17.9 Å². The highest BCUT2D eigenvalue weighted by Crippen LogP contribution is 2.30. The monoisotopic (exact) mass is 376 g/mol. The van der Waals surface area contributed by atoms with Crippen LogP contribution in [0.3, 0.4) is 0 Å². The highest BCUT2D eigenvalue weighted by Gasteiger charge is 2.31. The van der Waals surface area contributed by atoms with Gasteiger partial charge < -0.3 is 9.64 Å². The molecule has 1 radical (unpaired) electrons. The number of aromatic nitrogens is 1. The molecule has 2 heterocycles. The normalized spacial score (nSPS) is 18.6. The zero-order valence-corrected chi connectivity index (χ0v) is 14.9. The number of anilines is 1. The van der Waals surface area contributed by atoms with Gasteiger partial charge >= 0.3 is 6.36 Å². The fourth-order valence-electron chi connectivity index (χ4n) is 3.35. The Bertz CT molecular complexity index is 767. The van der Waals surface area contributed by atoms with Crippen LogP contribution in [0.2, 0.25) is 0 Å². The smallest absolute Gasteiger partial charge is 0.406 e. The van der Waals surface area contributed by atoms with Gasteiger partial charge in [-0.1, -0.05) is 0 Å². The molecule has 27 heavy (non-hydrogen) atoms. The maximum absolute atomic E-state index is 12.3. The van der Waals surface area contributed by atoms with Gasteiger partial charge in [-0.05, 0) is 61.2 Å². The molecule has 2 aromatic rings. The van der Waals surface area contributed by atoms with Crippen LogP contribution >= 0.6 is 0 Å². The predicted molar refractivity (Wildman–Crippen MR) is 96.6 cm³/mol. The minimum atomic E-state index is -4.69. The van der Waals surface area contributed by atoms with Crippen LogP contribution in [0.25, 0.3) is 11.3 Å². The maximum atomic E-state index is 12.3. The number of piperazine rings is 1. The summed E-state index contributed by atoms with van der Waals surface area (Å²) in [6, 6.07) is 12.5. The molecule has 1 aliphatic carbocycles. The molecule has 0 amide bonds. The molecule has 2 aliphatic rings. The summed E-state index contributed by atoms with van der Waals surface area (Å²) in [5.74, 6) is 1.52. The van der Waals surface area contributed by atoms with Gasteiger partial charge in [0.2, 0.25) is 0 Å². The maximum Gasteiger partial charge on any atom is 0.573 e. The van der Waals surface area contributed by atoms with E-state index in [0.717, 1.165) is 43.5 Å². The van der Waals surface area contributed by atoms with Crippen molar-refractivity contribution in [3.05, 3.63) is 42.5 Å². The fraction of sp³-hybridized carbons (Fsp3) is 0.450. The van der Waals surface area contributed by atoms with E-state index in [-0.39, 0.29) is 5.75 Å². The number of alkyl halides is 3. The van der Waals surface area contributed by atoms with Crippen LogP contribution in [0, 0.1) is 12.0 Å². The molecule has 1 aliphatic heterocycles. The van der Waals surface area contributed by atoms with Crippen LogP contribution < -0.4 is 9.64 Å². The van der Waals surface area contributed by atoms with Crippen molar-refractivity contribution in [2.24, 2.45) is 5.92 Å². The summed E-state index contributed by atoms with van der Waals surface area (Å²) in [6.07, 6.45) is -1.95. The summed E-state index contributed by atoms with van der Waals surface area (Å²) in [5.41, 5.74) is 1.42. The second-order valence-electron chi connectivity index (χ2n) is 7.11. The molecule has 0 spiro atoms. The molecular formula is C20H21F3N3O. The molecule has 4 rings (SSSR count). The number of ether oxygens (including phenoxy) is 1. The lowest BCUT2D eigenvalue weighted by molar-refractivity contribution is -0.274. The summed E-state index contributed by atoms with van der Waals surface area (Å²) in [7, 11) is 0. The lowest BCUT2D eigenvalue weighted by Gasteiger charge is -2.35. The van der Waals surface area contributed by atoms with E-state index in [1.807, 2.05) is 6.07 Å². The number of rotatable bonds is 5. The summed E-state index contributed by atoms with van der Waals surface area (Å²) in [5, 5.41) is 0. The zero-order valence-electron chi connectivity index (χ0n) is 14.9. The van der Waals surface area contributed by atoms with Crippen LogP contribution in [0.1, 0.15) is 12.8 Å². The van der Waals surface area contributed by atoms with Crippen molar-refractivity contribution in [3.63, 3.8) is 0 Å². The number of halogens is 3. The number of hydrogen-bond acceptors (Lipinski definition) is 4. The van der Waals surface area contributed by atoms with Gasteiger partial charge in [0.05, 0.1) is 5.69 Å². The summed E-state index contributed by atoms with van der Waals surface area (Å²) >= 11 is 0. The first-order chi connectivity index (χ1) is 13.0. The van der Waals surface area contributed by atoms with Crippen molar-refractivity contribution in [2.45, 2.75) is 19.2 Å². The van der Waals surface area contributed by atoms with E-state index >= 15 is 0 Å². The number of pyridine rings is 1. The fourth-order valence-corrected chi connectivity index (χ4v) is 3.35. The van der Waals surface area contributed by atoms with Crippen molar-refractivity contribution >= 4 is 5.82 Å². The van der Waals surface area contributed by atoms with Gasteiger partial charge in [-0.2, -0.15) is 0 Å². The molecule has 4 nitrogen and oxygen atoms in total. The van der Waals surface area contributed by atoms with Gasteiger partial charge in [0.15, 0.2) is 0 Å². The lowest BCUT2D eigenvalue weighted by atomic mass is 10.1. The van der Waals surface area contributed by atoms with Crippen LogP contribution in [0.5, 0.6) is 5.75 Å². The second kappa shape index (κ2) is 7.38. The molecule has 0 unspecified atom stereocenters. The Labute approximate surface area is 156 Å². The molecule has 1 aromatic carbocycles. The van der Waals surface area contributed by atoms with Gasteiger partial charge in [0.25, 0.3) is 0 Å². The summed E-state index contributed by atoms with van der Waals surface area (Å²) in [6.45, 7) is 5.13. The van der Waals surface area contributed by atoms with Gasteiger partial charge in [0, 0.05) is 38.3 Å². The summed E-state index contributed by atoms with van der Waals surface area (Å²) < 4.78 is 40.7. The van der Waals surface area contributed by atoms with Crippen molar-refractivity contribution in [3.8, 4) is 17.0 Å². The van der Waals surface area contributed by atoms with Gasteiger partial charge in [-0.3, -0.25) is 4.90 Å². The third-order valence-electron chi connectivity index (χ3n) is 4.96. The Kier molecular flexibility index (Phi) is 4.95. The quantitative estimate of drug-likeness (QED) is 0.789. The van der Waals surface area contributed by atoms with E-state index < -0.39 is 6.36 Å². The minimum absolute atomic E-state index is 0.238. The standard InChI is InChI=1S/C20H21F3N3O/c21-20(22,23)27-17-8-6-16(7-9-17)18-2-1-3-19(24-18)26-12-10-25(11-13-26)14-15-4-5-15/h2-3,6-9,15H,4-5,10-14H2. The van der Waals surface area contributed by atoms with E-state index in [2.05, 4.69) is 25.6 Å². The Hall–Kier alpha value is -2.28. The number of hydrogen-bond donors (Lipinski definition) is 0. The SMILES string of the molecule is FC(F)(F)Oc1ccc(-c2c[c]cc(N3CCN(CC4CC4)CC3)n2)cc1. The average molecular weight is 376 g/mol. The van der Waals surface area contributed by atoms with Crippen LogP contribution in [-0.4, -0.2) is 49.0 Å². The van der Waals surface area contributed by atoms with Crippen LogP contribution in [-0.2, 0) is 0 Å². The molecule has 1 aromatic heterocycles. The topological polar surface area (TPSA) is 28.6 Å². The van der Waals surface area contributed by atoms with Gasteiger partial charge in [0.1, 0.15) is 11.6 Å². The van der Waals surface area contributed by atoms with E-state index in [1.165, 1.54) is 31.5 Å². The second-order valence-corrected chi connectivity index (χ2v) is 7.11. The molecule has 0 bridgehead atoms. The average Bonchev–Trinajstić information content (AvgIpc) is 3.46. The van der Waals surface area contributed by atoms with Crippen molar-refractivity contribution in [1.82, 2.24) is 9.88 Å². The highest BCUT2D eigenvalue weighted by molar-refractivity contribution is 5.62. The van der Waals surface area contributed by atoms with Crippen LogP contribution in [0.4, 0.5) is 19.0 Å². The van der Waals surface area contributed by atoms with E-state index in [9.17, 15) is 13.2 Å². The van der Waals surface area contributed by atoms with Crippen LogP contribution in [0.15, 0.2) is 36.4 Å². The van der Waals surface area contributed by atoms with Crippen molar-refractivity contribution in [1.29, 1.82) is 0 Å². The Balaban J connectivity index is 1.41. The van der Waals surface area contributed by atoms with Crippen molar-refractivity contribution in [2.75, 3.05) is 37.6 Å².